The number of anilines is 1. The van der Waals surface area contributed by atoms with Gasteiger partial charge in [0.1, 0.15) is 0 Å². The molecular weight excluding hydrogens is 228 g/mol. The zero-order valence-corrected chi connectivity index (χ0v) is 10.3. The molecule has 1 heterocycles. The summed E-state index contributed by atoms with van der Waals surface area (Å²) in [5.74, 6) is -0.153. The lowest BCUT2D eigenvalue weighted by atomic mass is 10.1. The quantitative estimate of drug-likeness (QED) is 0.851. The number of aromatic hydroxyl groups is 1. The van der Waals surface area contributed by atoms with Gasteiger partial charge in [-0.25, -0.2) is 4.98 Å². The second kappa shape index (κ2) is 4.87. The van der Waals surface area contributed by atoms with E-state index in [0.717, 1.165) is 11.1 Å². The first-order valence-electron chi connectivity index (χ1n) is 5.60. The van der Waals surface area contributed by atoms with Crippen LogP contribution in [0.15, 0.2) is 36.5 Å². The molecule has 0 unspecified atom stereocenters. The third-order valence-electron chi connectivity index (χ3n) is 2.64. The van der Waals surface area contributed by atoms with Gasteiger partial charge >= 0.3 is 0 Å². The van der Waals surface area contributed by atoms with Crippen molar-refractivity contribution in [3.05, 3.63) is 53.2 Å². The Labute approximate surface area is 105 Å². The molecule has 0 atom stereocenters. The van der Waals surface area contributed by atoms with Crippen LogP contribution in [0.3, 0.4) is 0 Å². The van der Waals surface area contributed by atoms with Crippen molar-refractivity contribution >= 4 is 11.7 Å². The number of pyridine rings is 1. The molecule has 0 bridgehead atoms. The van der Waals surface area contributed by atoms with Gasteiger partial charge in [-0.1, -0.05) is 17.7 Å². The van der Waals surface area contributed by atoms with Gasteiger partial charge in [-0.05, 0) is 37.6 Å². The molecule has 1 amide bonds. The molecule has 0 aliphatic heterocycles. The van der Waals surface area contributed by atoms with Gasteiger partial charge in [0.05, 0.1) is 0 Å². The Balaban J connectivity index is 2.25. The smallest absolute Gasteiger partial charge is 0.257 e. The van der Waals surface area contributed by atoms with Crippen LogP contribution in [-0.2, 0) is 0 Å². The van der Waals surface area contributed by atoms with Crippen molar-refractivity contribution in [3.63, 3.8) is 0 Å². The van der Waals surface area contributed by atoms with E-state index in [1.807, 2.05) is 26.0 Å². The maximum Gasteiger partial charge on any atom is 0.257 e. The summed E-state index contributed by atoms with van der Waals surface area (Å²) >= 11 is 0. The highest BCUT2D eigenvalue weighted by molar-refractivity contribution is 6.05. The molecule has 4 heteroatoms. The molecule has 1 aromatic carbocycles. The summed E-state index contributed by atoms with van der Waals surface area (Å²) in [6.07, 6.45) is 1.51. The second-order valence-corrected chi connectivity index (χ2v) is 4.14. The zero-order valence-electron chi connectivity index (χ0n) is 10.3. The number of amides is 1. The van der Waals surface area contributed by atoms with Crippen LogP contribution in [0.25, 0.3) is 0 Å². The molecule has 0 radical (unpaired) electrons. The number of aryl methyl sites for hydroxylation is 2. The first-order valence-corrected chi connectivity index (χ1v) is 5.60. The normalized spacial score (nSPS) is 10.1. The fraction of sp³-hybridized carbons (Fsp3) is 0.143. The van der Waals surface area contributed by atoms with Gasteiger partial charge in [-0.15, -0.1) is 0 Å². The molecule has 0 aliphatic rings. The minimum Gasteiger partial charge on any atom is -0.504 e. The Morgan fingerprint density at radius 2 is 2.06 bits per heavy atom. The Hall–Kier alpha value is -2.36. The number of hydrogen-bond acceptors (Lipinski definition) is 3. The van der Waals surface area contributed by atoms with Crippen molar-refractivity contribution in [1.29, 1.82) is 0 Å². The van der Waals surface area contributed by atoms with E-state index in [4.69, 9.17) is 0 Å². The van der Waals surface area contributed by atoms with Crippen molar-refractivity contribution in [2.75, 3.05) is 5.32 Å². The Morgan fingerprint density at radius 1 is 1.28 bits per heavy atom. The van der Waals surface area contributed by atoms with Crippen molar-refractivity contribution < 1.29 is 9.90 Å². The van der Waals surface area contributed by atoms with E-state index >= 15 is 0 Å². The van der Waals surface area contributed by atoms with Gasteiger partial charge in [-0.2, -0.15) is 0 Å². The summed E-state index contributed by atoms with van der Waals surface area (Å²) in [5.41, 5.74) is 2.57. The van der Waals surface area contributed by atoms with Gasteiger partial charge in [-0.3, -0.25) is 4.79 Å². The van der Waals surface area contributed by atoms with E-state index < -0.39 is 0 Å². The van der Waals surface area contributed by atoms with Crippen LogP contribution in [-0.4, -0.2) is 16.0 Å². The van der Waals surface area contributed by atoms with Crippen LogP contribution in [0.1, 0.15) is 21.5 Å². The maximum atomic E-state index is 12.0. The molecule has 92 valence electrons. The second-order valence-electron chi connectivity index (χ2n) is 4.14. The van der Waals surface area contributed by atoms with Crippen molar-refractivity contribution in [3.8, 4) is 5.75 Å². The Bertz CT molecular complexity index is 594. The molecule has 2 aromatic rings. The topological polar surface area (TPSA) is 62.2 Å². The molecule has 2 N–H and O–H groups in total. The maximum absolute atomic E-state index is 12.0. The highest BCUT2D eigenvalue weighted by Crippen LogP contribution is 2.20. The number of benzene rings is 1. The predicted octanol–water partition coefficient (Wildman–Crippen LogP) is 2.66. The highest BCUT2D eigenvalue weighted by atomic mass is 16.3. The first kappa shape index (κ1) is 12.1. The lowest BCUT2D eigenvalue weighted by Gasteiger charge is -2.08. The van der Waals surface area contributed by atoms with Gasteiger partial charge < -0.3 is 10.4 Å². The molecule has 0 saturated carbocycles. The molecule has 0 aliphatic carbocycles. The van der Waals surface area contributed by atoms with E-state index in [0.29, 0.717) is 5.56 Å². The summed E-state index contributed by atoms with van der Waals surface area (Å²) in [6, 6.07) is 8.65. The SMILES string of the molecule is Cc1ccc(C(=O)Nc2ncccc2O)c(C)c1. The summed E-state index contributed by atoms with van der Waals surface area (Å²) in [4.78, 5) is 15.9. The summed E-state index contributed by atoms with van der Waals surface area (Å²) in [7, 11) is 0. The van der Waals surface area contributed by atoms with E-state index in [1.165, 1.54) is 12.3 Å². The molecule has 0 spiro atoms. The molecule has 0 saturated heterocycles. The van der Waals surface area contributed by atoms with E-state index in [9.17, 15) is 9.90 Å². The van der Waals surface area contributed by atoms with Crippen LogP contribution >= 0.6 is 0 Å². The molecule has 4 nitrogen and oxygen atoms in total. The van der Waals surface area contributed by atoms with Gasteiger partial charge in [0.25, 0.3) is 5.91 Å². The molecule has 0 fully saturated rings. The Morgan fingerprint density at radius 3 is 2.72 bits per heavy atom. The van der Waals surface area contributed by atoms with E-state index in [2.05, 4.69) is 10.3 Å². The Kier molecular flexibility index (Phi) is 3.28. The number of nitrogens with one attached hydrogen (secondary N) is 1. The summed E-state index contributed by atoms with van der Waals surface area (Å²) in [6.45, 7) is 3.85. The molecule has 2 rings (SSSR count). The third kappa shape index (κ3) is 2.48. The van der Waals surface area contributed by atoms with Crippen LogP contribution in [0, 0.1) is 13.8 Å². The van der Waals surface area contributed by atoms with Gasteiger partial charge in [0.15, 0.2) is 11.6 Å². The number of hydrogen-bond donors (Lipinski definition) is 2. The van der Waals surface area contributed by atoms with Gasteiger partial charge in [0, 0.05) is 11.8 Å². The lowest BCUT2D eigenvalue weighted by molar-refractivity contribution is 0.102. The number of carbonyl (C=O) groups excluding carboxylic acids is 1. The van der Waals surface area contributed by atoms with E-state index in [-0.39, 0.29) is 17.5 Å². The monoisotopic (exact) mass is 242 g/mol. The lowest BCUT2D eigenvalue weighted by Crippen LogP contribution is -2.14. The highest BCUT2D eigenvalue weighted by Gasteiger charge is 2.11. The van der Waals surface area contributed by atoms with Crippen LogP contribution in [0.5, 0.6) is 5.75 Å². The molecular formula is C14H14N2O2. The number of rotatable bonds is 2. The fourth-order valence-electron chi connectivity index (χ4n) is 1.74. The fourth-order valence-corrected chi connectivity index (χ4v) is 1.74. The molecule has 18 heavy (non-hydrogen) atoms. The van der Waals surface area contributed by atoms with Crippen LogP contribution in [0.2, 0.25) is 0 Å². The van der Waals surface area contributed by atoms with Gasteiger partial charge in [0.2, 0.25) is 0 Å². The molecule has 1 aromatic heterocycles. The predicted molar refractivity (Wildman–Crippen MR) is 69.8 cm³/mol. The average molecular weight is 242 g/mol. The van der Waals surface area contributed by atoms with E-state index in [1.54, 1.807) is 12.1 Å². The number of carbonyl (C=O) groups is 1. The third-order valence-corrected chi connectivity index (χ3v) is 2.64. The first-order chi connectivity index (χ1) is 8.58. The van der Waals surface area contributed by atoms with Crippen molar-refractivity contribution in [2.24, 2.45) is 0 Å². The minimum atomic E-state index is -0.276. The number of nitrogens with zero attached hydrogens (tertiary/aromatic N) is 1. The largest absolute Gasteiger partial charge is 0.504 e. The average Bonchev–Trinajstić information content (AvgIpc) is 2.32. The summed E-state index contributed by atoms with van der Waals surface area (Å²) < 4.78 is 0. The van der Waals surface area contributed by atoms with Crippen molar-refractivity contribution in [2.45, 2.75) is 13.8 Å². The van der Waals surface area contributed by atoms with Crippen molar-refractivity contribution in [1.82, 2.24) is 4.98 Å². The standard InChI is InChI=1S/C14H14N2O2/c1-9-5-6-11(10(2)8-9)14(18)16-13-12(17)4-3-7-15-13/h3-8,17H,1-2H3,(H,15,16,18). The van der Waals surface area contributed by atoms with Crippen LogP contribution in [0.4, 0.5) is 5.82 Å². The minimum absolute atomic E-state index is 0.0457. The zero-order chi connectivity index (χ0) is 13.1. The number of aromatic nitrogens is 1. The van der Waals surface area contributed by atoms with Crippen LogP contribution < -0.4 is 5.32 Å². The summed E-state index contributed by atoms with van der Waals surface area (Å²) in [5, 5.41) is 12.1.